The minimum atomic E-state index is 0.205. The van der Waals surface area contributed by atoms with Crippen molar-refractivity contribution in [3.63, 3.8) is 0 Å². The van der Waals surface area contributed by atoms with Gasteiger partial charge in [-0.15, -0.1) is 0 Å². The third-order valence-corrected chi connectivity index (χ3v) is 3.34. The van der Waals surface area contributed by atoms with Gasteiger partial charge in [-0.3, -0.25) is 0 Å². The Labute approximate surface area is 122 Å². The average Bonchev–Trinajstić information content (AvgIpc) is 2.80. The lowest BCUT2D eigenvalue weighted by molar-refractivity contribution is 0.474. The van der Waals surface area contributed by atoms with Gasteiger partial charge in [0.25, 0.3) is 0 Å². The predicted octanol–water partition coefficient (Wildman–Crippen LogP) is 3.03. The number of benzene rings is 2. The van der Waals surface area contributed by atoms with Crippen molar-refractivity contribution in [2.75, 3.05) is 5.43 Å². The maximum absolute atomic E-state index is 9.76. The normalized spacial score (nSPS) is 11.3. The number of para-hydroxylation sites is 2. The summed E-state index contributed by atoms with van der Waals surface area (Å²) in [6.07, 6.45) is 1.58. The summed E-state index contributed by atoms with van der Waals surface area (Å²) >= 11 is 0. The molecule has 0 radical (unpaired) electrons. The number of anilines is 1. The third kappa shape index (κ3) is 2.58. The van der Waals surface area contributed by atoms with Crippen molar-refractivity contribution in [1.82, 2.24) is 9.55 Å². The molecule has 0 spiro atoms. The summed E-state index contributed by atoms with van der Waals surface area (Å²) in [5, 5.41) is 13.9. The lowest BCUT2D eigenvalue weighted by Gasteiger charge is -2.02. The summed E-state index contributed by atoms with van der Waals surface area (Å²) in [6.45, 7) is 1.97. The molecule has 0 aliphatic heterocycles. The van der Waals surface area contributed by atoms with Crippen LogP contribution in [0.4, 0.5) is 5.95 Å². The van der Waals surface area contributed by atoms with E-state index in [0.29, 0.717) is 11.5 Å². The largest absolute Gasteiger partial charge is 0.507 e. The molecule has 0 saturated carbocycles. The summed E-state index contributed by atoms with van der Waals surface area (Å²) in [7, 11) is 1.93. The van der Waals surface area contributed by atoms with Crippen LogP contribution in [0.25, 0.3) is 11.0 Å². The Hall–Kier alpha value is -2.82. The predicted molar refractivity (Wildman–Crippen MR) is 84.8 cm³/mol. The number of aryl methyl sites for hydroxylation is 2. The average molecular weight is 280 g/mol. The first-order valence-corrected chi connectivity index (χ1v) is 6.65. The lowest BCUT2D eigenvalue weighted by Crippen LogP contribution is -1.99. The third-order valence-electron chi connectivity index (χ3n) is 3.34. The SMILES string of the molecule is Cc1ccc(O)c(/C=N\Nc2nc3ccccc3n2C)c1. The highest BCUT2D eigenvalue weighted by Crippen LogP contribution is 2.18. The molecule has 5 nitrogen and oxygen atoms in total. The second kappa shape index (κ2) is 5.28. The van der Waals surface area contributed by atoms with E-state index in [-0.39, 0.29) is 5.75 Å². The molecule has 106 valence electrons. The molecule has 0 bridgehead atoms. The standard InChI is InChI=1S/C16H16N4O/c1-11-7-8-15(21)12(9-11)10-17-19-16-18-13-5-3-4-6-14(13)20(16)2/h3-10,21H,1-2H3,(H,18,19)/b17-10-. The number of imidazole rings is 1. The summed E-state index contributed by atoms with van der Waals surface area (Å²) in [4.78, 5) is 4.46. The maximum atomic E-state index is 9.76. The maximum Gasteiger partial charge on any atom is 0.224 e. The minimum absolute atomic E-state index is 0.205. The fraction of sp³-hybridized carbons (Fsp3) is 0.125. The van der Waals surface area contributed by atoms with Crippen molar-refractivity contribution in [2.24, 2.45) is 12.1 Å². The number of phenolic OH excluding ortho intramolecular Hbond substituents is 1. The summed E-state index contributed by atoms with van der Waals surface area (Å²) in [6, 6.07) is 13.3. The van der Waals surface area contributed by atoms with E-state index >= 15 is 0 Å². The Bertz CT molecular complexity index is 820. The number of phenols is 1. The smallest absolute Gasteiger partial charge is 0.224 e. The highest BCUT2D eigenvalue weighted by molar-refractivity contribution is 5.84. The highest BCUT2D eigenvalue weighted by Gasteiger charge is 2.05. The van der Waals surface area contributed by atoms with E-state index in [1.165, 1.54) is 0 Å². The van der Waals surface area contributed by atoms with Crippen LogP contribution in [0.5, 0.6) is 5.75 Å². The van der Waals surface area contributed by atoms with Gasteiger partial charge in [-0.1, -0.05) is 23.8 Å². The van der Waals surface area contributed by atoms with Crippen molar-refractivity contribution in [3.8, 4) is 5.75 Å². The Morgan fingerprint density at radius 1 is 1.24 bits per heavy atom. The second-order valence-corrected chi connectivity index (χ2v) is 4.92. The molecule has 2 N–H and O–H groups in total. The van der Waals surface area contributed by atoms with E-state index < -0.39 is 0 Å². The van der Waals surface area contributed by atoms with E-state index in [2.05, 4.69) is 15.5 Å². The quantitative estimate of drug-likeness (QED) is 0.572. The molecule has 1 aromatic heterocycles. The first-order chi connectivity index (χ1) is 10.1. The van der Waals surface area contributed by atoms with Crippen LogP contribution in [0.3, 0.4) is 0 Å². The Balaban J connectivity index is 1.84. The molecule has 0 aliphatic rings. The molecule has 0 fully saturated rings. The molecule has 1 heterocycles. The second-order valence-electron chi connectivity index (χ2n) is 4.92. The summed E-state index contributed by atoms with van der Waals surface area (Å²) in [5.41, 5.74) is 6.59. The van der Waals surface area contributed by atoms with Gasteiger partial charge in [0, 0.05) is 12.6 Å². The molecule has 0 saturated heterocycles. The zero-order valence-corrected chi connectivity index (χ0v) is 11.9. The van der Waals surface area contributed by atoms with E-state index in [1.807, 2.05) is 54.9 Å². The number of hydrogen-bond acceptors (Lipinski definition) is 4. The summed E-state index contributed by atoms with van der Waals surface area (Å²) in [5.74, 6) is 0.857. The van der Waals surface area contributed by atoms with Gasteiger partial charge in [0.1, 0.15) is 5.75 Å². The fourth-order valence-corrected chi connectivity index (χ4v) is 2.18. The van der Waals surface area contributed by atoms with Crippen LogP contribution >= 0.6 is 0 Å². The van der Waals surface area contributed by atoms with Gasteiger partial charge in [-0.05, 0) is 31.2 Å². The zero-order valence-electron chi connectivity index (χ0n) is 11.9. The first kappa shape index (κ1) is 13.2. The number of hydrazone groups is 1. The van der Waals surface area contributed by atoms with Gasteiger partial charge in [0.2, 0.25) is 5.95 Å². The number of aromatic hydroxyl groups is 1. The molecule has 0 amide bonds. The Morgan fingerprint density at radius 3 is 2.86 bits per heavy atom. The zero-order chi connectivity index (χ0) is 14.8. The van der Waals surface area contributed by atoms with Crippen LogP contribution in [0.1, 0.15) is 11.1 Å². The first-order valence-electron chi connectivity index (χ1n) is 6.65. The Kier molecular flexibility index (Phi) is 3.31. The van der Waals surface area contributed by atoms with E-state index in [4.69, 9.17) is 0 Å². The van der Waals surface area contributed by atoms with Crippen molar-refractivity contribution in [1.29, 1.82) is 0 Å². The molecule has 2 aromatic carbocycles. The Morgan fingerprint density at radius 2 is 2.05 bits per heavy atom. The molecule has 3 aromatic rings. The molecule has 21 heavy (non-hydrogen) atoms. The van der Waals surface area contributed by atoms with Crippen molar-refractivity contribution in [2.45, 2.75) is 6.92 Å². The fourth-order valence-electron chi connectivity index (χ4n) is 2.18. The number of aromatic nitrogens is 2. The van der Waals surface area contributed by atoms with Gasteiger partial charge in [0.15, 0.2) is 0 Å². The number of nitrogens with zero attached hydrogens (tertiary/aromatic N) is 3. The van der Waals surface area contributed by atoms with E-state index in [0.717, 1.165) is 16.6 Å². The van der Waals surface area contributed by atoms with Gasteiger partial charge >= 0.3 is 0 Å². The molecular weight excluding hydrogens is 264 g/mol. The molecule has 0 unspecified atom stereocenters. The van der Waals surface area contributed by atoms with Crippen LogP contribution < -0.4 is 5.43 Å². The van der Waals surface area contributed by atoms with Crippen LogP contribution in [-0.2, 0) is 7.05 Å². The van der Waals surface area contributed by atoms with Crippen LogP contribution in [0.2, 0.25) is 0 Å². The molecular formula is C16H16N4O. The molecule has 3 rings (SSSR count). The minimum Gasteiger partial charge on any atom is -0.507 e. The van der Waals surface area contributed by atoms with Gasteiger partial charge in [-0.2, -0.15) is 5.10 Å². The van der Waals surface area contributed by atoms with E-state index in [1.54, 1.807) is 12.3 Å². The van der Waals surface area contributed by atoms with Gasteiger partial charge in [0.05, 0.1) is 17.2 Å². The molecule has 5 heteroatoms. The van der Waals surface area contributed by atoms with Crippen molar-refractivity contribution in [3.05, 3.63) is 53.6 Å². The van der Waals surface area contributed by atoms with Crippen molar-refractivity contribution < 1.29 is 5.11 Å². The van der Waals surface area contributed by atoms with Gasteiger partial charge in [-0.25, -0.2) is 10.4 Å². The number of nitrogens with one attached hydrogen (secondary N) is 1. The number of rotatable bonds is 3. The van der Waals surface area contributed by atoms with Crippen LogP contribution in [0, 0.1) is 6.92 Å². The van der Waals surface area contributed by atoms with Crippen LogP contribution in [0.15, 0.2) is 47.6 Å². The highest BCUT2D eigenvalue weighted by atomic mass is 16.3. The number of fused-ring (bicyclic) bond motifs is 1. The van der Waals surface area contributed by atoms with E-state index in [9.17, 15) is 5.11 Å². The van der Waals surface area contributed by atoms with Crippen LogP contribution in [-0.4, -0.2) is 20.9 Å². The number of hydrogen-bond donors (Lipinski definition) is 2. The van der Waals surface area contributed by atoms with Crippen molar-refractivity contribution >= 4 is 23.2 Å². The molecule has 0 aliphatic carbocycles. The van der Waals surface area contributed by atoms with Gasteiger partial charge < -0.3 is 9.67 Å². The lowest BCUT2D eigenvalue weighted by atomic mass is 10.1. The monoisotopic (exact) mass is 280 g/mol. The topological polar surface area (TPSA) is 62.4 Å². The summed E-state index contributed by atoms with van der Waals surface area (Å²) < 4.78 is 1.93. The molecule has 0 atom stereocenters.